The Labute approximate surface area is 211 Å². The Morgan fingerprint density at radius 2 is 1.80 bits per heavy atom. The number of hydrogen-bond acceptors (Lipinski definition) is 5. The number of nitrogens with zero attached hydrogens (tertiary/aromatic N) is 1. The number of hydrogen-bond donors (Lipinski definition) is 1. The van der Waals surface area contributed by atoms with E-state index < -0.39 is 11.7 Å². The molecule has 0 aliphatic carbocycles. The highest BCUT2D eigenvalue weighted by Crippen LogP contribution is 2.36. The minimum atomic E-state index is -0.725. The van der Waals surface area contributed by atoms with Gasteiger partial charge in [0.25, 0.3) is 5.91 Å². The van der Waals surface area contributed by atoms with Crippen LogP contribution in [-0.2, 0) is 20.7 Å². The van der Waals surface area contributed by atoms with E-state index in [0.29, 0.717) is 18.4 Å². The molecule has 3 atom stereocenters. The van der Waals surface area contributed by atoms with Crippen LogP contribution < -0.4 is 5.73 Å². The lowest BCUT2D eigenvalue weighted by atomic mass is 9.87. The third kappa shape index (κ3) is 7.45. The van der Waals surface area contributed by atoms with Crippen LogP contribution in [0.4, 0.5) is 9.18 Å². The quantitative estimate of drug-likeness (QED) is 0.632. The molecule has 0 radical (unpaired) electrons. The molecule has 2 heterocycles. The molecule has 2 aromatic carbocycles. The Morgan fingerprint density at radius 1 is 1.11 bits per heavy atom. The molecule has 4 rings (SSSR count). The Balaban J connectivity index is 0.000000371. The summed E-state index contributed by atoms with van der Waals surface area (Å²) in [5.41, 5.74) is 7.58. The number of amides is 2. The predicted octanol–water partition coefficient (Wildman–Crippen LogP) is 5.09. The van der Waals surface area contributed by atoms with Crippen molar-refractivity contribution in [2.75, 3.05) is 19.4 Å². The molecule has 0 bridgehead atoms. The molecule has 2 N–H and O–H groups in total. The molecule has 8 heteroatoms. The highest BCUT2D eigenvalue weighted by Gasteiger charge is 2.37. The van der Waals surface area contributed by atoms with E-state index in [1.807, 2.05) is 17.0 Å². The number of nitrogens with two attached hydrogens (primary N) is 1. The maximum absolute atomic E-state index is 13.5. The maximum atomic E-state index is 13.5. The van der Waals surface area contributed by atoms with Gasteiger partial charge in [0.2, 0.25) is 0 Å². The van der Waals surface area contributed by atoms with E-state index in [1.165, 1.54) is 17.7 Å². The second kappa shape index (κ2) is 11.9. The first kappa shape index (κ1) is 27.0. The van der Waals surface area contributed by atoms with E-state index >= 15 is 0 Å². The van der Waals surface area contributed by atoms with E-state index in [-0.39, 0.29) is 23.9 Å². The van der Waals surface area contributed by atoms with Crippen molar-refractivity contribution in [3.63, 3.8) is 0 Å². The summed E-state index contributed by atoms with van der Waals surface area (Å²) in [6.07, 6.45) is 3.59. The van der Waals surface area contributed by atoms with Gasteiger partial charge in [-0.15, -0.1) is 0 Å². The summed E-state index contributed by atoms with van der Waals surface area (Å²) in [6.45, 7) is 6.57. The Kier molecular flexibility index (Phi) is 9.19. The molecule has 2 aliphatic heterocycles. The Morgan fingerprint density at radius 3 is 2.34 bits per heavy atom. The van der Waals surface area contributed by atoms with Crippen LogP contribution in [0.3, 0.4) is 0 Å². The number of fused-ring (bicyclic) bond motifs is 1. The molecule has 2 amide bonds. The summed E-state index contributed by atoms with van der Waals surface area (Å²) in [7, 11) is 0. The molecule has 35 heavy (non-hydrogen) atoms. The van der Waals surface area contributed by atoms with Gasteiger partial charge in [-0.25, -0.2) is 9.18 Å². The average molecular weight is 503 g/mol. The van der Waals surface area contributed by atoms with Gasteiger partial charge in [0.1, 0.15) is 17.5 Å². The van der Waals surface area contributed by atoms with Crippen LogP contribution in [0.25, 0.3) is 0 Å². The van der Waals surface area contributed by atoms with E-state index in [4.69, 9.17) is 10.5 Å². The average Bonchev–Trinajstić information content (AvgIpc) is 2.82. The third-order valence-corrected chi connectivity index (χ3v) is 7.04. The van der Waals surface area contributed by atoms with Gasteiger partial charge in [-0.05, 0) is 75.1 Å². The summed E-state index contributed by atoms with van der Waals surface area (Å²) in [6, 6.07) is 14.5. The third-order valence-electron chi connectivity index (χ3n) is 6.00. The Bertz CT molecular complexity index is 1000. The molecule has 2 aliphatic rings. The molecule has 1 unspecified atom stereocenters. The monoisotopic (exact) mass is 502 g/mol. The largest absolute Gasteiger partial charge is 0.444 e. The second-order valence-corrected chi connectivity index (χ2v) is 10.9. The molecular weight excluding hydrogens is 467 g/mol. The van der Waals surface area contributed by atoms with Gasteiger partial charge in [0, 0.05) is 11.8 Å². The highest BCUT2D eigenvalue weighted by molar-refractivity contribution is 7.99. The minimum Gasteiger partial charge on any atom is -0.444 e. The van der Waals surface area contributed by atoms with Gasteiger partial charge in [-0.2, -0.15) is 11.8 Å². The topological polar surface area (TPSA) is 81.9 Å². The molecule has 0 spiro atoms. The number of primary amides is 1. The van der Waals surface area contributed by atoms with Gasteiger partial charge in [0.15, 0.2) is 0 Å². The number of halogens is 1. The zero-order valence-electron chi connectivity index (χ0n) is 20.8. The van der Waals surface area contributed by atoms with Crippen LogP contribution in [0, 0.1) is 5.82 Å². The summed E-state index contributed by atoms with van der Waals surface area (Å²) in [5.74, 6) is -0.210. The number of thioether (sulfide) groups is 1. The molecule has 0 aromatic heterocycles. The van der Waals surface area contributed by atoms with Gasteiger partial charge in [-0.1, -0.05) is 36.4 Å². The number of rotatable bonds is 3. The molecule has 2 aromatic rings. The smallest absolute Gasteiger partial charge is 0.405 e. The summed E-state index contributed by atoms with van der Waals surface area (Å²) < 4.78 is 24.0. The van der Waals surface area contributed by atoms with E-state index in [2.05, 4.69) is 23.1 Å². The maximum Gasteiger partial charge on any atom is 0.405 e. The SMILES string of the molecule is CC(C)(C)OC(N)=O.CSC1CC[C@H](C(=O)N2CCc3ccccc3[C@@H]2c2ccc(F)cc2)OC1. The lowest BCUT2D eigenvalue weighted by molar-refractivity contribution is -0.148. The zero-order chi connectivity index (χ0) is 25.6. The van der Waals surface area contributed by atoms with Crippen LogP contribution in [0.1, 0.15) is 56.3 Å². The van der Waals surface area contributed by atoms with Crippen LogP contribution in [0.5, 0.6) is 0 Å². The van der Waals surface area contributed by atoms with Crippen molar-refractivity contribution >= 4 is 23.8 Å². The Hall–Kier alpha value is -2.58. The summed E-state index contributed by atoms with van der Waals surface area (Å²) in [4.78, 5) is 25.3. The normalized spacial score (nSPS) is 21.9. The first-order chi connectivity index (χ1) is 16.6. The van der Waals surface area contributed by atoms with Gasteiger partial charge >= 0.3 is 6.09 Å². The fourth-order valence-electron chi connectivity index (χ4n) is 4.40. The molecular formula is C27H35FN2O4S. The van der Waals surface area contributed by atoms with E-state index in [0.717, 1.165) is 30.4 Å². The van der Waals surface area contributed by atoms with Crippen molar-refractivity contribution in [1.82, 2.24) is 4.90 Å². The van der Waals surface area contributed by atoms with Crippen molar-refractivity contribution in [3.8, 4) is 0 Å². The molecule has 1 fully saturated rings. The lowest BCUT2D eigenvalue weighted by Crippen LogP contribution is -2.48. The van der Waals surface area contributed by atoms with Gasteiger partial charge in [0.05, 0.1) is 12.6 Å². The van der Waals surface area contributed by atoms with Crippen LogP contribution in [-0.4, -0.2) is 53.3 Å². The van der Waals surface area contributed by atoms with Crippen molar-refractivity contribution in [2.45, 2.75) is 63.0 Å². The molecule has 1 saturated heterocycles. The van der Waals surface area contributed by atoms with Crippen LogP contribution in [0.2, 0.25) is 0 Å². The fraction of sp³-hybridized carbons (Fsp3) is 0.481. The van der Waals surface area contributed by atoms with Crippen LogP contribution in [0.15, 0.2) is 48.5 Å². The second-order valence-electron chi connectivity index (χ2n) is 9.73. The van der Waals surface area contributed by atoms with Crippen LogP contribution >= 0.6 is 11.8 Å². The van der Waals surface area contributed by atoms with Crippen molar-refractivity contribution in [1.29, 1.82) is 0 Å². The summed E-state index contributed by atoms with van der Waals surface area (Å²) in [5, 5.41) is 0.476. The van der Waals surface area contributed by atoms with Gasteiger partial charge < -0.3 is 20.1 Å². The molecule has 6 nitrogen and oxygen atoms in total. The van der Waals surface area contributed by atoms with E-state index in [9.17, 15) is 14.0 Å². The predicted molar refractivity (Wildman–Crippen MR) is 137 cm³/mol. The number of carbonyl (C=O) groups is 2. The first-order valence-electron chi connectivity index (χ1n) is 11.9. The van der Waals surface area contributed by atoms with Crippen molar-refractivity contribution in [2.24, 2.45) is 5.73 Å². The fourth-order valence-corrected chi connectivity index (χ4v) is 4.99. The van der Waals surface area contributed by atoms with Gasteiger partial charge in [-0.3, -0.25) is 4.79 Å². The van der Waals surface area contributed by atoms with Crippen molar-refractivity contribution < 1.29 is 23.5 Å². The zero-order valence-corrected chi connectivity index (χ0v) is 21.6. The number of benzene rings is 2. The highest BCUT2D eigenvalue weighted by atomic mass is 32.2. The lowest BCUT2D eigenvalue weighted by Gasteiger charge is -2.40. The summed E-state index contributed by atoms with van der Waals surface area (Å²) >= 11 is 1.80. The first-order valence-corrected chi connectivity index (χ1v) is 13.1. The van der Waals surface area contributed by atoms with E-state index in [1.54, 1.807) is 44.7 Å². The minimum absolute atomic E-state index is 0.0541. The standard InChI is InChI=1S/C22H24FNO2S.C5H11NO2/c1-27-18-10-11-20(26-14-18)22(25)24-13-12-15-4-2-3-5-19(15)21(24)16-6-8-17(23)9-7-16;1-5(2,3)8-4(6)7/h2-9,18,20-21H,10-14H2,1H3;1-3H3,(H2,6,7)/t18?,20-,21+;/m1./s1. The number of ether oxygens (including phenoxy) is 2. The van der Waals surface area contributed by atoms with Crippen molar-refractivity contribution in [3.05, 3.63) is 71.0 Å². The number of carbonyl (C=O) groups excluding carboxylic acids is 2. The molecule has 0 saturated carbocycles. The molecule has 190 valence electrons.